The predicted molar refractivity (Wildman–Crippen MR) is 335 cm³/mol. The van der Waals surface area contributed by atoms with E-state index >= 15 is 0 Å². The van der Waals surface area contributed by atoms with Crippen LogP contribution in [0.25, 0.3) is 10.1 Å². The topological polar surface area (TPSA) is 9.72 Å². The van der Waals surface area contributed by atoms with Gasteiger partial charge >= 0.3 is 0 Å². The van der Waals surface area contributed by atoms with Gasteiger partial charge in [-0.15, -0.1) is 11.3 Å². The van der Waals surface area contributed by atoms with Crippen molar-refractivity contribution in [2.75, 3.05) is 14.7 Å². The molecule has 0 bridgehead atoms. The van der Waals surface area contributed by atoms with Gasteiger partial charge in [-0.2, -0.15) is 0 Å². The highest BCUT2D eigenvalue weighted by Gasteiger charge is 2.49. The number of benzene rings is 7. The minimum atomic E-state index is -0.415. The summed E-state index contributed by atoms with van der Waals surface area (Å²) < 4.78 is 49.1. The number of rotatable bonds is 5. The molecular formula is C72H80BN3S. The van der Waals surface area contributed by atoms with Crippen molar-refractivity contribution in [3.63, 3.8) is 0 Å². The Morgan fingerprint density at radius 3 is 1.52 bits per heavy atom. The van der Waals surface area contributed by atoms with Gasteiger partial charge < -0.3 is 14.7 Å². The molecule has 0 fully saturated rings. The molecule has 3 heterocycles. The van der Waals surface area contributed by atoms with Crippen LogP contribution in [0.15, 0.2) is 139 Å². The van der Waals surface area contributed by atoms with Crippen LogP contribution >= 0.6 is 11.3 Å². The molecule has 0 spiro atoms. The Morgan fingerprint density at radius 2 is 0.974 bits per heavy atom. The zero-order valence-electron chi connectivity index (χ0n) is 53.5. The summed E-state index contributed by atoms with van der Waals surface area (Å²) >= 11 is 1.94. The highest BCUT2D eigenvalue weighted by Crippen LogP contribution is 2.56. The number of hydrogen-bond donors (Lipinski definition) is 0. The molecule has 5 heteroatoms. The zero-order valence-corrected chi connectivity index (χ0v) is 49.3. The lowest BCUT2D eigenvalue weighted by Gasteiger charge is -2.48. The first-order chi connectivity index (χ1) is 38.3. The molecule has 8 aromatic rings. The van der Waals surface area contributed by atoms with E-state index in [1.54, 1.807) is 0 Å². The second kappa shape index (κ2) is 16.7. The van der Waals surface area contributed by atoms with Gasteiger partial charge in [-0.25, -0.2) is 0 Å². The Kier molecular flexibility index (Phi) is 9.76. The number of thiophene rings is 1. The molecule has 0 radical (unpaired) electrons. The van der Waals surface area contributed by atoms with Gasteiger partial charge in [-0.1, -0.05) is 171 Å². The van der Waals surface area contributed by atoms with E-state index in [0.29, 0.717) is 11.4 Å². The summed E-state index contributed by atoms with van der Waals surface area (Å²) in [6, 6.07) is 39.8. The lowest BCUT2D eigenvalue weighted by atomic mass is 9.35. The smallest absolute Gasteiger partial charge is 0.264 e. The molecule has 0 saturated heterocycles. The monoisotopic (exact) mass is 1030 g/mol. The summed E-state index contributed by atoms with van der Waals surface area (Å²) in [6.07, 6.45) is 6.55. The van der Waals surface area contributed by atoms with E-state index < -0.39 is 6.04 Å². The molecule has 5 aliphatic rings. The van der Waals surface area contributed by atoms with Crippen LogP contribution in [-0.4, -0.2) is 6.71 Å². The van der Waals surface area contributed by atoms with Crippen molar-refractivity contribution in [1.29, 1.82) is 0 Å². The summed E-state index contributed by atoms with van der Waals surface area (Å²) in [5, 5.41) is 1.20. The van der Waals surface area contributed by atoms with E-state index in [1.165, 1.54) is 70.4 Å². The maximum absolute atomic E-state index is 9.71. The molecule has 13 rings (SSSR count). The molecule has 0 amide bonds. The molecule has 0 unspecified atom stereocenters. The molecule has 2 aliphatic heterocycles. The van der Waals surface area contributed by atoms with Gasteiger partial charge in [0.2, 0.25) is 0 Å². The number of para-hydroxylation sites is 2. The molecule has 0 saturated carbocycles. The van der Waals surface area contributed by atoms with Crippen molar-refractivity contribution in [1.82, 2.24) is 0 Å². The second-order valence-corrected chi connectivity index (χ2v) is 29.7. The van der Waals surface area contributed by atoms with Crippen LogP contribution in [0.3, 0.4) is 0 Å². The fraction of sp³-hybridized carbons (Fsp3) is 0.389. The lowest BCUT2D eigenvalue weighted by molar-refractivity contribution is 0.332. The quantitative estimate of drug-likeness (QED) is 0.159. The maximum Gasteiger partial charge on any atom is 0.264 e. The van der Waals surface area contributed by atoms with Crippen molar-refractivity contribution in [3.05, 3.63) is 178 Å². The van der Waals surface area contributed by atoms with Gasteiger partial charge in [0.15, 0.2) is 0 Å². The number of nitrogens with zero attached hydrogens (tertiary/aromatic N) is 3. The normalized spacial score (nSPS) is 20.5. The van der Waals surface area contributed by atoms with Crippen molar-refractivity contribution in [2.45, 2.75) is 180 Å². The first-order valence-electron chi connectivity index (χ1n) is 31.1. The first-order valence-corrected chi connectivity index (χ1v) is 29.4. The molecule has 1 aromatic heterocycles. The average Bonchev–Trinajstić information content (AvgIpc) is 1.48. The van der Waals surface area contributed by atoms with Crippen LogP contribution in [0.1, 0.15) is 188 Å². The number of hydrogen-bond acceptors (Lipinski definition) is 4. The van der Waals surface area contributed by atoms with E-state index in [-0.39, 0.29) is 74.5 Å². The Labute approximate surface area is 472 Å². The summed E-state index contributed by atoms with van der Waals surface area (Å²) in [5.74, 6) is 0. The van der Waals surface area contributed by atoms with E-state index in [0.717, 1.165) is 67.0 Å². The molecule has 7 aromatic carbocycles. The van der Waals surface area contributed by atoms with Gasteiger partial charge in [-0.3, -0.25) is 0 Å². The molecule has 0 atom stereocenters. The summed E-state index contributed by atoms with van der Waals surface area (Å²) in [6.45, 7) is 35.8. The van der Waals surface area contributed by atoms with E-state index in [1.807, 2.05) is 46.6 Å². The van der Waals surface area contributed by atoms with Gasteiger partial charge in [0.25, 0.3) is 6.71 Å². The van der Waals surface area contributed by atoms with Crippen LogP contribution in [0, 0.1) is 0 Å². The summed E-state index contributed by atoms with van der Waals surface area (Å²) in [4.78, 5) is 7.08. The van der Waals surface area contributed by atoms with E-state index in [4.69, 9.17) is 4.11 Å². The largest absolute Gasteiger partial charge is 0.311 e. The molecule has 392 valence electrons. The fourth-order valence-electron chi connectivity index (χ4n) is 14.4. The molecule has 3 nitrogen and oxygen atoms in total. The first kappa shape index (κ1) is 44.9. The Bertz CT molecular complexity index is 4000. The standard InChI is InChI=1S/C72H80BN3S/c1-66(2,3)45-26-29-51-62(38-45)77-65-64(51)76(49-28-31-53-55(40-49)70(10,11)35-33-68(53,6)7)61-42-50(74(46-22-18-16-19-23-46)47-24-20-17-21-25-47)41-60-63(61)73(65)58-43-56-57(72(14,15)37-36-71(56,12)13)44-59(58)75(60)48-27-30-52-54(39-48)69(8,9)34-32-67(52,4)5/h16-31,38-44H,32-37H2,1-15H3/i16D,18D,19D,22D,23D. The van der Waals surface area contributed by atoms with Crippen molar-refractivity contribution < 1.29 is 6.85 Å². The molecule has 0 N–H and O–H groups in total. The second-order valence-electron chi connectivity index (χ2n) is 28.6. The van der Waals surface area contributed by atoms with E-state index in [2.05, 4.69) is 193 Å². The SMILES string of the molecule is [2H]c1c([2H])c([2H])c(N(c2ccccc2)c2cc3c4c(c2)N(c2ccc5c(c2)C(C)(C)CCC5(C)C)c2c(sc5cc(C(C)(C)C)ccc25)B4c2cc4c(cc2N3c2ccc3c(c2)C(C)(C)CCC3(C)C)C(C)(C)CCC4(C)C)c([2H])c1[2H]. The Hall–Kier alpha value is -6.04. The zero-order chi connectivity index (χ0) is 58.5. The Morgan fingerprint density at radius 1 is 0.481 bits per heavy atom. The van der Waals surface area contributed by atoms with Crippen molar-refractivity contribution in [2.24, 2.45) is 0 Å². The predicted octanol–water partition coefficient (Wildman–Crippen LogP) is 18.8. The van der Waals surface area contributed by atoms with Crippen LogP contribution in [-0.2, 0) is 37.9 Å². The third-order valence-corrected chi connectivity index (χ3v) is 20.9. The highest BCUT2D eigenvalue weighted by molar-refractivity contribution is 7.33. The third kappa shape index (κ3) is 7.77. The molecule has 77 heavy (non-hydrogen) atoms. The van der Waals surface area contributed by atoms with Gasteiger partial charge in [0, 0.05) is 54.7 Å². The van der Waals surface area contributed by atoms with Crippen LogP contribution in [0.2, 0.25) is 0 Å². The lowest BCUT2D eigenvalue weighted by Crippen LogP contribution is -2.61. The highest BCUT2D eigenvalue weighted by atomic mass is 32.1. The minimum absolute atomic E-state index is 0.00349. The number of anilines is 9. The van der Waals surface area contributed by atoms with Gasteiger partial charge in [0.1, 0.15) is 0 Å². The summed E-state index contributed by atoms with van der Waals surface area (Å²) in [5.41, 5.74) is 19.8. The maximum atomic E-state index is 9.71. The number of fused-ring (bicyclic) bond motifs is 9. The van der Waals surface area contributed by atoms with Crippen molar-refractivity contribution in [3.8, 4) is 0 Å². The fourth-order valence-corrected chi connectivity index (χ4v) is 15.8. The van der Waals surface area contributed by atoms with Crippen LogP contribution in [0.5, 0.6) is 0 Å². The molecular weight excluding hydrogens is 950 g/mol. The van der Waals surface area contributed by atoms with Crippen LogP contribution in [0.4, 0.5) is 51.2 Å². The minimum Gasteiger partial charge on any atom is -0.311 e. The average molecular weight is 1040 g/mol. The van der Waals surface area contributed by atoms with Crippen LogP contribution < -0.4 is 30.4 Å². The third-order valence-electron chi connectivity index (χ3n) is 19.7. The summed E-state index contributed by atoms with van der Waals surface area (Å²) in [7, 11) is 0. The van der Waals surface area contributed by atoms with E-state index in [9.17, 15) is 2.74 Å². The molecule has 3 aliphatic carbocycles. The Balaban J connectivity index is 1.23. The van der Waals surface area contributed by atoms with Crippen molar-refractivity contribution >= 4 is 95.0 Å². The van der Waals surface area contributed by atoms with Gasteiger partial charge in [-0.05, 0) is 199 Å². The van der Waals surface area contributed by atoms with Gasteiger partial charge in [0.05, 0.1) is 18.2 Å².